The van der Waals surface area contributed by atoms with Gasteiger partial charge in [0.2, 0.25) is 0 Å². The van der Waals surface area contributed by atoms with Crippen LogP contribution in [0.15, 0.2) is 27.4 Å². The van der Waals surface area contributed by atoms with Crippen LogP contribution in [-0.2, 0) is 0 Å². The molecule has 0 amide bonds. The van der Waals surface area contributed by atoms with Gasteiger partial charge < -0.3 is 0 Å². The minimum absolute atomic E-state index is 0.946. The molecule has 0 saturated heterocycles. The molecule has 2 nitrogen and oxygen atoms in total. The van der Waals surface area contributed by atoms with Crippen molar-refractivity contribution in [3.63, 3.8) is 0 Å². The number of nitrogens with zero attached hydrogens (tertiary/aromatic N) is 2. The molecule has 0 aliphatic heterocycles. The fraction of sp³-hybridized carbons (Fsp3) is 0.111. The van der Waals surface area contributed by atoms with Crippen LogP contribution in [0.2, 0.25) is 0 Å². The molecule has 1 heterocycles. The van der Waals surface area contributed by atoms with E-state index in [9.17, 15) is 0 Å². The summed E-state index contributed by atoms with van der Waals surface area (Å²) in [6.07, 6.45) is 2.01. The minimum Gasteiger partial charge on any atom is -0.228 e. The summed E-state index contributed by atoms with van der Waals surface area (Å²) in [4.78, 5) is 5.41. The Morgan fingerprint density at radius 3 is 3.07 bits per heavy atom. The fourth-order valence-electron chi connectivity index (χ4n) is 1.12. The van der Waals surface area contributed by atoms with Gasteiger partial charge in [0.1, 0.15) is 5.40 Å². The average Bonchev–Trinajstić information content (AvgIpc) is 2.62. The predicted molar refractivity (Wildman–Crippen MR) is 62.9 cm³/mol. The van der Waals surface area contributed by atoms with Gasteiger partial charge in [0, 0.05) is 4.90 Å². The first kappa shape index (κ1) is 9.84. The first-order valence-corrected chi connectivity index (χ1v) is 6.70. The van der Waals surface area contributed by atoms with E-state index in [1.807, 2.05) is 24.5 Å². The Kier molecular flexibility index (Phi) is 2.96. The minimum atomic E-state index is 0.946. The molecule has 70 valence electrons. The molecule has 0 spiro atoms. The number of rotatable bonds is 2. The van der Waals surface area contributed by atoms with Crippen molar-refractivity contribution in [2.24, 2.45) is 0 Å². The highest BCUT2D eigenvalue weighted by Crippen LogP contribution is 2.33. The van der Waals surface area contributed by atoms with E-state index < -0.39 is 0 Å². The Hall–Kier alpha value is -0.700. The van der Waals surface area contributed by atoms with E-state index >= 15 is 0 Å². The smallest absolute Gasteiger partial charge is 0.150 e. The average molecular weight is 238 g/mol. The lowest BCUT2D eigenvalue weighted by Gasteiger charge is -1.92. The number of nitriles is 1. The van der Waals surface area contributed by atoms with Crippen molar-refractivity contribution in [1.82, 2.24) is 4.98 Å². The summed E-state index contributed by atoms with van der Waals surface area (Å²) in [7, 11) is 0. The zero-order valence-corrected chi connectivity index (χ0v) is 9.80. The van der Waals surface area contributed by atoms with Crippen LogP contribution in [0.5, 0.6) is 0 Å². The second-order valence-corrected chi connectivity index (χ2v) is 5.39. The number of aromatic nitrogens is 1. The van der Waals surface area contributed by atoms with Gasteiger partial charge in [0.05, 0.1) is 10.2 Å². The van der Waals surface area contributed by atoms with Gasteiger partial charge in [0.25, 0.3) is 0 Å². The predicted octanol–water partition coefficient (Wildman–Crippen LogP) is 3.59. The topological polar surface area (TPSA) is 36.7 Å². The van der Waals surface area contributed by atoms with Gasteiger partial charge in [-0.1, -0.05) is 17.8 Å². The Morgan fingerprint density at radius 1 is 1.50 bits per heavy atom. The van der Waals surface area contributed by atoms with Gasteiger partial charge in [-0.05, 0) is 30.2 Å². The number of thiocyanates is 1. The van der Waals surface area contributed by atoms with Gasteiger partial charge in [-0.25, -0.2) is 4.98 Å². The van der Waals surface area contributed by atoms with Crippen molar-refractivity contribution in [2.75, 3.05) is 6.26 Å². The lowest BCUT2D eigenvalue weighted by molar-refractivity contribution is 1.28. The quantitative estimate of drug-likeness (QED) is 0.592. The highest BCUT2D eigenvalue weighted by molar-refractivity contribution is 8.04. The number of thioether (sulfide) groups is 2. The second-order valence-electron chi connectivity index (χ2n) is 2.48. The molecule has 0 atom stereocenters. The fourth-order valence-corrected chi connectivity index (χ4v) is 3.19. The number of benzene rings is 1. The molecule has 0 fully saturated rings. The summed E-state index contributed by atoms with van der Waals surface area (Å²) in [6.45, 7) is 0. The van der Waals surface area contributed by atoms with Crippen LogP contribution in [0.1, 0.15) is 0 Å². The molecule has 0 N–H and O–H groups in total. The monoisotopic (exact) mass is 238 g/mol. The highest BCUT2D eigenvalue weighted by Gasteiger charge is 2.07. The number of hydrogen-bond acceptors (Lipinski definition) is 5. The first-order chi connectivity index (χ1) is 6.85. The van der Waals surface area contributed by atoms with Gasteiger partial charge in [0.15, 0.2) is 4.34 Å². The summed E-state index contributed by atoms with van der Waals surface area (Å²) in [5.41, 5.74) is 0.952. The van der Waals surface area contributed by atoms with Crippen LogP contribution in [0.3, 0.4) is 0 Å². The van der Waals surface area contributed by atoms with Gasteiger partial charge >= 0.3 is 0 Å². The molecule has 5 heteroatoms. The maximum atomic E-state index is 8.63. The Labute approximate surface area is 94.3 Å². The normalized spacial score (nSPS) is 10.3. The van der Waals surface area contributed by atoms with Crippen LogP contribution in [-0.4, -0.2) is 11.2 Å². The zero-order valence-electron chi connectivity index (χ0n) is 7.35. The molecule has 0 bridgehead atoms. The zero-order chi connectivity index (χ0) is 9.97. The van der Waals surface area contributed by atoms with E-state index in [2.05, 4.69) is 10.4 Å². The maximum Gasteiger partial charge on any atom is 0.150 e. The molecular weight excluding hydrogens is 232 g/mol. The van der Waals surface area contributed by atoms with Crippen LogP contribution in [0.25, 0.3) is 10.2 Å². The molecule has 2 aromatic rings. The van der Waals surface area contributed by atoms with E-state index in [0.29, 0.717) is 0 Å². The van der Waals surface area contributed by atoms with Gasteiger partial charge in [-0.2, -0.15) is 5.26 Å². The van der Waals surface area contributed by atoms with Crippen LogP contribution in [0.4, 0.5) is 0 Å². The molecule has 0 aliphatic carbocycles. The van der Waals surface area contributed by atoms with Crippen molar-refractivity contribution >= 4 is 45.1 Å². The van der Waals surface area contributed by atoms with E-state index in [0.717, 1.165) is 19.5 Å². The third-order valence-electron chi connectivity index (χ3n) is 1.69. The van der Waals surface area contributed by atoms with Crippen molar-refractivity contribution in [3.8, 4) is 5.40 Å². The maximum absolute atomic E-state index is 8.63. The van der Waals surface area contributed by atoms with Crippen LogP contribution < -0.4 is 0 Å². The van der Waals surface area contributed by atoms with Gasteiger partial charge in [-0.15, -0.1) is 11.3 Å². The van der Waals surface area contributed by atoms with Crippen molar-refractivity contribution in [3.05, 3.63) is 18.2 Å². The van der Waals surface area contributed by atoms with Crippen molar-refractivity contribution < 1.29 is 0 Å². The summed E-state index contributed by atoms with van der Waals surface area (Å²) in [6, 6.07) is 5.93. The summed E-state index contributed by atoms with van der Waals surface area (Å²) in [5.74, 6) is 0. The van der Waals surface area contributed by atoms with Crippen LogP contribution >= 0.6 is 34.9 Å². The van der Waals surface area contributed by atoms with E-state index in [1.54, 1.807) is 23.1 Å². The number of thiazole rings is 1. The Balaban J connectivity index is 2.62. The molecule has 0 unspecified atom stereocenters. The molecule has 1 aromatic carbocycles. The third kappa shape index (κ3) is 1.73. The lowest BCUT2D eigenvalue weighted by Crippen LogP contribution is -1.73. The first-order valence-electron chi connectivity index (χ1n) is 3.84. The summed E-state index contributed by atoms with van der Waals surface area (Å²) in [5, 5.41) is 10.7. The number of fused-ring (bicyclic) bond motifs is 1. The molecule has 14 heavy (non-hydrogen) atoms. The lowest BCUT2D eigenvalue weighted by atomic mass is 10.3. The summed E-state index contributed by atoms with van der Waals surface area (Å²) >= 11 is 4.47. The molecule has 0 saturated carbocycles. The van der Waals surface area contributed by atoms with Crippen LogP contribution in [0, 0.1) is 10.7 Å². The van der Waals surface area contributed by atoms with E-state index in [4.69, 9.17) is 5.26 Å². The third-order valence-corrected chi connectivity index (χ3v) is 4.34. The Morgan fingerprint density at radius 2 is 2.36 bits per heavy atom. The SMILES string of the molecule is CSc1nc2c(SC#N)cccc2s1. The molecule has 1 aromatic heterocycles. The van der Waals surface area contributed by atoms with E-state index in [-0.39, 0.29) is 0 Å². The summed E-state index contributed by atoms with van der Waals surface area (Å²) < 4.78 is 2.19. The Bertz CT molecular complexity index is 498. The van der Waals surface area contributed by atoms with Gasteiger partial charge in [-0.3, -0.25) is 0 Å². The van der Waals surface area contributed by atoms with Crippen molar-refractivity contribution in [2.45, 2.75) is 9.24 Å². The molecular formula is C9H6N2S3. The number of para-hydroxylation sites is 1. The molecule has 0 aliphatic rings. The van der Waals surface area contributed by atoms with Crippen molar-refractivity contribution in [1.29, 1.82) is 5.26 Å². The standard InChI is InChI=1S/C9H6N2S3/c1-12-9-11-8-6(13-5-10)3-2-4-7(8)14-9/h2-4H,1H3. The second kappa shape index (κ2) is 4.22. The molecule has 2 rings (SSSR count). The highest BCUT2D eigenvalue weighted by atomic mass is 32.2. The largest absolute Gasteiger partial charge is 0.228 e. The molecule has 0 radical (unpaired) electrons. The van der Waals surface area contributed by atoms with E-state index in [1.165, 1.54) is 11.8 Å². The number of hydrogen-bond donors (Lipinski definition) is 0.